The van der Waals surface area contributed by atoms with Crippen molar-refractivity contribution in [2.75, 3.05) is 26.0 Å². The SMILES string of the molecule is CNC(=O)c1ccc(C(C)CCNc2cc(-c3ccc(F)nc3)ncn2)c(OC)c1. The summed E-state index contributed by atoms with van der Waals surface area (Å²) in [5.74, 6) is 0.896. The summed E-state index contributed by atoms with van der Waals surface area (Å²) < 4.78 is 18.5. The van der Waals surface area contributed by atoms with E-state index in [1.54, 1.807) is 38.4 Å². The lowest BCUT2D eigenvalue weighted by Crippen LogP contribution is -2.18. The van der Waals surface area contributed by atoms with E-state index in [0.29, 0.717) is 29.4 Å². The van der Waals surface area contributed by atoms with Crippen LogP contribution in [0, 0.1) is 5.95 Å². The molecule has 8 heteroatoms. The van der Waals surface area contributed by atoms with Crippen molar-refractivity contribution in [2.45, 2.75) is 19.3 Å². The summed E-state index contributed by atoms with van der Waals surface area (Å²) in [7, 11) is 3.20. The van der Waals surface area contributed by atoms with E-state index in [-0.39, 0.29) is 11.8 Å². The zero-order valence-corrected chi connectivity index (χ0v) is 17.1. The fourth-order valence-corrected chi connectivity index (χ4v) is 3.12. The van der Waals surface area contributed by atoms with Gasteiger partial charge in [0.2, 0.25) is 5.95 Å². The summed E-state index contributed by atoms with van der Waals surface area (Å²) in [4.78, 5) is 23.9. The van der Waals surface area contributed by atoms with E-state index in [4.69, 9.17) is 4.74 Å². The monoisotopic (exact) mass is 409 g/mol. The van der Waals surface area contributed by atoms with Gasteiger partial charge in [0.1, 0.15) is 17.9 Å². The van der Waals surface area contributed by atoms with Crippen molar-refractivity contribution in [3.63, 3.8) is 0 Å². The van der Waals surface area contributed by atoms with Crippen LogP contribution in [0.25, 0.3) is 11.3 Å². The Morgan fingerprint density at radius 1 is 1.17 bits per heavy atom. The normalized spacial score (nSPS) is 11.6. The molecule has 0 radical (unpaired) electrons. The Balaban J connectivity index is 1.63. The van der Waals surface area contributed by atoms with Crippen molar-refractivity contribution < 1.29 is 13.9 Å². The molecule has 0 aliphatic carbocycles. The van der Waals surface area contributed by atoms with E-state index in [9.17, 15) is 9.18 Å². The van der Waals surface area contributed by atoms with Gasteiger partial charge in [0.15, 0.2) is 0 Å². The van der Waals surface area contributed by atoms with Crippen LogP contribution in [0.1, 0.15) is 35.2 Å². The van der Waals surface area contributed by atoms with Crippen molar-refractivity contribution >= 4 is 11.7 Å². The second kappa shape index (κ2) is 9.78. The highest BCUT2D eigenvalue weighted by atomic mass is 19.1. The summed E-state index contributed by atoms with van der Waals surface area (Å²) in [6.07, 6.45) is 3.73. The van der Waals surface area contributed by atoms with Crippen molar-refractivity contribution in [1.29, 1.82) is 0 Å². The lowest BCUT2D eigenvalue weighted by Gasteiger charge is -2.17. The molecule has 1 unspecified atom stereocenters. The molecular weight excluding hydrogens is 385 g/mol. The second-order valence-corrected chi connectivity index (χ2v) is 6.81. The number of nitrogens with one attached hydrogen (secondary N) is 2. The first-order valence-corrected chi connectivity index (χ1v) is 9.59. The summed E-state index contributed by atoms with van der Waals surface area (Å²) >= 11 is 0. The van der Waals surface area contributed by atoms with Crippen molar-refractivity contribution in [3.05, 3.63) is 66.0 Å². The minimum Gasteiger partial charge on any atom is -0.496 e. The Morgan fingerprint density at radius 3 is 2.70 bits per heavy atom. The zero-order chi connectivity index (χ0) is 21.5. The largest absolute Gasteiger partial charge is 0.496 e. The molecule has 1 atom stereocenters. The minimum absolute atomic E-state index is 0.148. The molecule has 3 aromatic rings. The third-order valence-corrected chi connectivity index (χ3v) is 4.83. The van der Waals surface area contributed by atoms with Gasteiger partial charge in [0, 0.05) is 37.0 Å². The summed E-state index contributed by atoms with van der Waals surface area (Å²) in [6, 6.07) is 10.2. The summed E-state index contributed by atoms with van der Waals surface area (Å²) in [5.41, 5.74) is 2.98. The van der Waals surface area contributed by atoms with Crippen molar-refractivity contribution in [1.82, 2.24) is 20.3 Å². The number of methoxy groups -OCH3 is 1. The van der Waals surface area contributed by atoms with Gasteiger partial charge in [-0.05, 0) is 42.2 Å². The Hall–Kier alpha value is -3.55. The highest BCUT2D eigenvalue weighted by Gasteiger charge is 2.14. The molecule has 7 nitrogen and oxygen atoms in total. The van der Waals surface area contributed by atoms with Crippen LogP contribution in [0.5, 0.6) is 5.75 Å². The van der Waals surface area contributed by atoms with E-state index >= 15 is 0 Å². The lowest BCUT2D eigenvalue weighted by molar-refractivity contribution is 0.0962. The fraction of sp³-hybridized carbons (Fsp3) is 0.273. The number of halogens is 1. The number of ether oxygens (including phenoxy) is 1. The van der Waals surface area contributed by atoms with Crippen LogP contribution in [0.15, 0.2) is 48.9 Å². The standard InChI is InChI=1S/C22H24FN5O2/c1-14(17-6-4-15(22(29)24-2)10-19(17)30-3)8-9-25-21-11-18(27-13-28-21)16-5-7-20(23)26-12-16/h4-7,10-14H,8-9H2,1-3H3,(H,24,29)(H,25,27,28). The van der Waals surface area contributed by atoms with E-state index in [2.05, 4.69) is 32.5 Å². The second-order valence-electron chi connectivity index (χ2n) is 6.81. The summed E-state index contributed by atoms with van der Waals surface area (Å²) in [5, 5.41) is 5.91. The van der Waals surface area contributed by atoms with Gasteiger partial charge in [0.05, 0.1) is 12.8 Å². The van der Waals surface area contributed by atoms with E-state index in [1.807, 2.05) is 6.07 Å². The Bertz CT molecular complexity index is 1010. The molecule has 0 spiro atoms. The molecule has 2 heterocycles. The highest BCUT2D eigenvalue weighted by molar-refractivity contribution is 5.94. The number of amides is 1. The molecule has 0 fully saturated rings. The first kappa shape index (κ1) is 21.2. The topological polar surface area (TPSA) is 89.0 Å². The van der Waals surface area contributed by atoms with E-state index in [0.717, 1.165) is 17.5 Å². The number of nitrogens with zero attached hydrogens (tertiary/aromatic N) is 3. The van der Waals surface area contributed by atoms with Gasteiger partial charge in [0.25, 0.3) is 5.91 Å². The van der Waals surface area contributed by atoms with Crippen molar-refractivity contribution in [2.24, 2.45) is 0 Å². The molecule has 0 saturated heterocycles. The maximum atomic E-state index is 13.0. The molecule has 0 aliphatic rings. The van der Waals surface area contributed by atoms with Crippen molar-refractivity contribution in [3.8, 4) is 17.0 Å². The van der Waals surface area contributed by atoms with Crippen LogP contribution >= 0.6 is 0 Å². The first-order valence-electron chi connectivity index (χ1n) is 9.59. The number of anilines is 1. The molecule has 1 aromatic carbocycles. The van der Waals surface area contributed by atoms with Gasteiger partial charge in [-0.3, -0.25) is 4.79 Å². The lowest BCUT2D eigenvalue weighted by atomic mass is 9.95. The highest BCUT2D eigenvalue weighted by Crippen LogP contribution is 2.30. The molecular formula is C22H24FN5O2. The molecule has 30 heavy (non-hydrogen) atoms. The van der Waals surface area contributed by atoms with Crippen LogP contribution in [-0.4, -0.2) is 41.6 Å². The molecule has 0 aliphatic heterocycles. The number of aromatic nitrogens is 3. The smallest absolute Gasteiger partial charge is 0.251 e. The van der Waals surface area contributed by atoms with Gasteiger partial charge in [-0.1, -0.05) is 13.0 Å². The number of carbonyl (C=O) groups excluding carboxylic acids is 1. The molecule has 3 rings (SSSR count). The number of hydrogen-bond acceptors (Lipinski definition) is 6. The van der Waals surface area contributed by atoms with Gasteiger partial charge < -0.3 is 15.4 Å². The van der Waals surface area contributed by atoms with Crippen LogP contribution in [0.4, 0.5) is 10.2 Å². The molecule has 0 saturated carbocycles. The predicted molar refractivity (Wildman–Crippen MR) is 113 cm³/mol. The average molecular weight is 409 g/mol. The van der Waals surface area contributed by atoms with Crippen LogP contribution in [-0.2, 0) is 0 Å². The molecule has 2 N–H and O–H groups in total. The number of carbonyl (C=O) groups is 1. The van der Waals surface area contributed by atoms with E-state index in [1.165, 1.54) is 18.6 Å². The minimum atomic E-state index is -0.529. The van der Waals surface area contributed by atoms with E-state index < -0.39 is 5.95 Å². The predicted octanol–water partition coefficient (Wildman–Crippen LogP) is 3.65. The quantitative estimate of drug-likeness (QED) is 0.552. The van der Waals surface area contributed by atoms with Gasteiger partial charge in [-0.25, -0.2) is 15.0 Å². The number of hydrogen-bond donors (Lipinski definition) is 2. The Morgan fingerprint density at radius 2 is 2.00 bits per heavy atom. The number of rotatable bonds is 8. The Labute approximate surface area is 174 Å². The average Bonchev–Trinajstić information content (AvgIpc) is 2.78. The zero-order valence-electron chi connectivity index (χ0n) is 17.1. The molecule has 156 valence electrons. The maximum absolute atomic E-state index is 13.0. The Kier molecular flexibility index (Phi) is 6.90. The first-order chi connectivity index (χ1) is 14.5. The van der Waals surface area contributed by atoms with Crippen LogP contribution in [0.3, 0.4) is 0 Å². The van der Waals surface area contributed by atoms with Gasteiger partial charge in [-0.15, -0.1) is 0 Å². The summed E-state index contributed by atoms with van der Waals surface area (Å²) in [6.45, 7) is 2.79. The number of pyridine rings is 1. The maximum Gasteiger partial charge on any atom is 0.251 e. The molecule has 2 aromatic heterocycles. The van der Waals surface area contributed by atoms with Crippen LogP contribution in [0.2, 0.25) is 0 Å². The van der Waals surface area contributed by atoms with Crippen LogP contribution < -0.4 is 15.4 Å². The molecule has 0 bridgehead atoms. The van der Waals surface area contributed by atoms with Gasteiger partial charge in [-0.2, -0.15) is 4.39 Å². The third kappa shape index (κ3) is 5.08. The van der Waals surface area contributed by atoms with Gasteiger partial charge >= 0.3 is 0 Å². The number of benzene rings is 1. The third-order valence-electron chi connectivity index (χ3n) is 4.83. The molecule has 1 amide bonds. The fourth-order valence-electron chi connectivity index (χ4n) is 3.12.